The predicted molar refractivity (Wildman–Crippen MR) is 88.9 cm³/mol. The van der Waals surface area contributed by atoms with Crippen molar-refractivity contribution in [1.29, 1.82) is 0 Å². The van der Waals surface area contributed by atoms with E-state index < -0.39 is 0 Å². The van der Waals surface area contributed by atoms with Crippen LogP contribution in [0.25, 0.3) is 0 Å². The van der Waals surface area contributed by atoms with Gasteiger partial charge in [-0.05, 0) is 29.3 Å². The molecule has 3 rings (SSSR count). The van der Waals surface area contributed by atoms with Crippen LogP contribution in [0, 0.1) is 0 Å². The monoisotopic (exact) mass is 320 g/mol. The van der Waals surface area contributed by atoms with E-state index in [-0.39, 0.29) is 12.0 Å². The highest BCUT2D eigenvalue weighted by Crippen LogP contribution is 2.31. The molecule has 1 aliphatic rings. The van der Waals surface area contributed by atoms with Crippen molar-refractivity contribution in [3.8, 4) is 0 Å². The molecule has 2 aromatic carbocycles. The van der Waals surface area contributed by atoms with Crippen LogP contribution in [0.2, 0.25) is 10.0 Å². The molecular formula is C17H18Cl2N2. The molecule has 2 N–H and O–H groups in total. The van der Waals surface area contributed by atoms with E-state index in [1.165, 1.54) is 5.56 Å². The highest BCUT2D eigenvalue weighted by molar-refractivity contribution is 6.34. The van der Waals surface area contributed by atoms with Gasteiger partial charge in [0.15, 0.2) is 0 Å². The molecule has 2 unspecified atom stereocenters. The third-order valence-corrected chi connectivity index (χ3v) is 4.44. The fourth-order valence-corrected chi connectivity index (χ4v) is 3.57. The van der Waals surface area contributed by atoms with Gasteiger partial charge in [0.2, 0.25) is 0 Å². The molecule has 2 atom stereocenters. The number of likely N-dealkylation sites (tertiary alicyclic amines) is 1. The molecule has 4 heteroatoms. The Morgan fingerprint density at radius 2 is 1.67 bits per heavy atom. The fourth-order valence-electron chi connectivity index (χ4n) is 3.03. The lowest BCUT2D eigenvalue weighted by atomic mass is 9.95. The maximum Gasteiger partial charge on any atom is 0.0423 e. The highest BCUT2D eigenvalue weighted by Gasteiger charge is 2.31. The molecule has 0 spiro atoms. The van der Waals surface area contributed by atoms with Gasteiger partial charge in [0.25, 0.3) is 0 Å². The Morgan fingerprint density at radius 1 is 1.00 bits per heavy atom. The summed E-state index contributed by atoms with van der Waals surface area (Å²) in [6.45, 7) is 2.76. The molecule has 0 radical (unpaired) electrons. The normalized spacial score (nSPS) is 22.6. The molecule has 1 saturated heterocycles. The molecule has 0 bridgehead atoms. The van der Waals surface area contributed by atoms with Crippen molar-refractivity contribution in [3.05, 3.63) is 69.7 Å². The van der Waals surface area contributed by atoms with Crippen molar-refractivity contribution in [2.45, 2.75) is 18.5 Å². The first kappa shape index (κ1) is 14.9. The average Bonchev–Trinajstić information content (AvgIpc) is 2.79. The van der Waals surface area contributed by atoms with Gasteiger partial charge in [-0.15, -0.1) is 0 Å². The first-order valence-electron chi connectivity index (χ1n) is 7.09. The summed E-state index contributed by atoms with van der Waals surface area (Å²) < 4.78 is 0. The standard InChI is InChI=1S/C17H18Cl2N2/c18-14-6-13(7-15(19)8-14)16-10-21(11-17(16)20)9-12-4-2-1-3-5-12/h1-8,16-17H,9-11,20H2. The summed E-state index contributed by atoms with van der Waals surface area (Å²) in [5, 5.41) is 1.34. The van der Waals surface area contributed by atoms with Gasteiger partial charge in [-0.25, -0.2) is 0 Å². The zero-order valence-corrected chi connectivity index (χ0v) is 13.2. The number of rotatable bonds is 3. The third kappa shape index (κ3) is 3.58. The van der Waals surface area contributed by atoms with Crippen molar-refractivity contribution < 1.29 is 0 Å². The van der Waals surface area contributed by atoms with E-state index in [1.54, 1.807) is 6.07 Å². The van der Waals surface area contributed by atoms with Crippen molar-refractivity contribution in [3.63, 3.8) is 0 Å². The molecule has 1 aliphatic heterocycles. The van der Waals surface area contributed by atoms with Crippen molar-refractivity contribution >= 4 is 23.2 Å². The molecule has 110 valence electrons. The summed E-state index contributed by atoms with van der Waals surface area (Å²) in [7, 11) is 0. The molecule has 2 nitrogen and oxygen atoms in total. The minimum atomic E-state index is 0.114. The van der Waals surface area contributed by atoms with Crippen LogP contribution in [-0.2, 0) is 6.54 Å². The number of benzene rings is 2. The smallest absolute Gasteiger partial charge is 0.0423 e. The molecular weight excluding hydrogens is 303 g/mol. The quantitative estimate of drug-likeness (QED) is 0.928. The molecule has 0 aliphatic carbocycles. The predicted octanol–water partition coefficient (Wildman–Crippen LogP) is 3.92. The second-order valence-corrected chi connectivity index (χ2v) is 6.53. The van der Waals surface area contributed by atoms with E-state index in [9.17, 15) is 0 Å². The second-order valence-electron chi connectivity index (χ2n) is 5.65. The van der Waals surface area contributed by atoms with Crippen molar-refractivity contribution in [1.82, 2.24) is 4.90 Å². The van der Waals surface area contributed by atoms with E-state index in [4.69, 9.17) is 28.9 Å². The largest absolute Gasteiger partial charge is 0.326 e. The number of halogens is 2. The number of nitrogens with zero attached hydrogens (tertiary/aromatic N) is 1. The van der Waals surface area contributed by atoms with Crippen LogP contribution < -0.4 is 5.73 Å². The summed E-state index contributed by atoms with van der Waals surface area (Å²) in [5.74, 6) is 0.282. The molecule has 0 aromatic heterocycles. The SMILES string of the molecule is NC1CN(Cc2ccccc2)CC1c1cc(Cl)cc(Cl)c1. The molecule has 1 fully saturated rings. The Labute approximate surface area is 135 Å². The molecule has 0 amide bonds. The van der Waals surface area contributed by atoms with Gasteiger partial charge in [-0.3, -0.25) is 4.90 Å². The maximum atomic E-state index is 6.33. The minimum Gasteiger partial charge on any atom is -0.326 e. The number of hydrogen-bond donors (Lipinski definition) is 1. The van der Waals surface area contributed by atoms with Gasteiger partial charge in [0.05, 0.1) is 0 Å². The van der Waals surface area contributed by atoms with E-state index in [2.05, 4.69) is 29.2 Å². The number of nitrogens with two attached hydrogens (primary N) is 1. The molecule has 0 saturated carbocycles. The first-order valence-corrected chi connectivity index (χ1v) is 7.85. The number of hydrogen-bond acceptors (Lipinski definition) is 2. The van der Waals surface area contributed by atoms with Gasteiger partial charge in [-0.2, -0.15) is 0 Å². The summed E-state index contributed by atoms with van der Waals surface area (Å²) in [6.07, 6.45) is 0. The van der Waals surface area contributed by atoms with Gasteiger partial charge in [0.1, 0.15) is 0 Å². The lowest BCUT2D eigenvalue weighted by Crippen LogP contribution is -2.28. The Morgan fingerprint density at radius 3 is 2.33 bits per heavy atom. The van der Waals surface area contributed by atoms with E-state index in [0.717, 1.165) is 25.2 Å². The van der Waals surface area contributed by atoms with Crippen LogP contribution in [0.3, 0.4) is 0 Å². The highest BCUT2D eigenvalue weighted by atomic mass is 35.5. The maximum absolute atomic E-state index is 6.33. The van der Waals surface area contributed by atoms with Crippen LogP contribution in [0.15, 0.2) is 48.5 Å². The minimum absolute atomic E-state index is 0.114. The zero-order chi connectivity index (χ0) is 14.8. The van der Waals surface area contributed by atoms with E-state index in [0.29, 0.717) is 10.0 Å². The summed E-state index contributed by atoms with van der Waals surface area (Å²) in [6, 6.07) is 16.3. The molecule has 2 aromatic rings. The van der Waals surface area contributed by atoms with E-state index >= 15 is 0 Å². The lowest BCUT2D eigenvalue weighted by Gasteiger charge is -2.16. The van der Waals surface area contributed by atoms with Crippen LogP contribution in [0.4, 0.5) is 0 Å². The van der Waals surface area contributed by atoms with Crippen LogP contribution in [0.5, 0.6) is 0 Å². The fraction of sp³-hybridized carbons (Fsp3) is 0.294. The summed E-state index contributed by atoms with van der Waals surface area (Å²) in [5.41, 5.74) is 8.78. The average molecular weight is 321 g/mol. The van der Waals surface area contributed by atoms with Crippen LogP contribution in [-0.4, -0.2) is 24.0 Å². The van der Waals surface area contributed by atoms with Gasteiger partial charge >= 0.3 is 0 Å². The summed E-state index contributed by atoms with van der Waals surface area (Å²) >= 11 is 12.2. The lowest BCUT2D eigenvalue weighted by molar-refractivity contribution is 0.324. The van der Waals surface area contributed by atoms with Crippen LogP contribution >= 0.6 is 23.2 Å². The first-order chi connectivity index (χ1) is 10.1. The Balaban J connectivity index is 1.74. The molecule has 21 heavy (non-hydrogen) atoms. The second kappa shape index (κ2) is 6.37. The summed E-state index contributed by atoms with van der Waals surface area (Å²) in [4.78, 5) is 2.39. The Hall–Kier alpha value is -1.06. The van der Waals surface area contributed by atoms with Crippen LogP contribution in [0.1, 0.15) is 17.0 Å². The van der Waals surface area contributed by atoms with Gasteiger partial charge in [-0.1, -0.05) is 53.5 Å². The van der Waals surface area contributed by atoms with Crippen molar-refractivity contribution in [2.24, 2.45) is 5.73 Å². The topological polar surface area (TPSA) is 29.3 Å². The molecule has 1 heterocycles. The third-order valence-electron chi connectivity index (χ3n) is 4.00. The Bertz CT molecular complexity index is 595. The Kier molecular flexibility index (Phi) is 4.51. The van der Waals surface area contributed by atoms with Crippen molar-refractivity contribution in [2.75, 3.05) is 13.1 Å². The zero-order valence-electron chi connectivity index (χ0n) is 11.7. The van der Waals surface area contributed by atoms with Gasteiger partial charge in [0, 0.05) is 41.6 Å². The van der Waals surface area contributed by atoms with E-state index in [1.807, 2.05) is 18.2 Å². The van der Waals surface area contributed by atoms with Gasteiger partial charge < -0.3 is 5.73 Å².